The summed E-state index contributed by atoms with van der Waals surface area (Å²) in [5.41, 5.74) is 0.690. The SMILES string of the molecule is CC[C@H](C)[C@@H]([C@@H](CC(=O)N1CCC[C@H]1[C@H](OC)[C@@H](C)C(=O)N[C@@H](Cc1ccccc1)C(=O)NC(CCC(=O)O)C(=O)O)OC)N(C)C(=O)[C@@H](NC(=O)[C@H](C(C)C)N(C)S)C(C)C. The largest absolute Gasteiger partial charge is 0.481 e. The number of hydrogen-bond acceptors (Lipinski definition) is 11. The van der Waals surface area contributed by atoms with Gasteiger partial charge < -0.3 is 45.4 Å². The van der Waals surface area contributed by atoms with Gasteiger partial charge in [0.2, 0.25) is 29.5 Å². The normalized spacial score (nSPS) is 18.5. The van der Waals surface area contributed by atoms with Crippen molar-refractivity contribution in [3.05, 3.63) is 35.9 Å². The average Bonchev–Trinajstić information content (AvgIpc) is 3.70. The maximum absolute atomic E-state index is 14.3. The molecule has 2 rings (SSSR count). The van der Waals surface area contributed by atoms with Gasteiger partial charge in [0.15, 0.2) is 0 Å². The van der Waals surface area contributed by atoms with E-state index >= 15 is 0 Å². The Morgan fingerprint density at radius 3 is 1.97 bits per heavy atom. The molecule has 0 radical (unpaired) electrons. The van der Waals surface area contributed by atoms with Crippen LogP contribution in [0.1, 0.15) is 92.6 Å². The summed E-state index contributed by atoms with van der Waals surface area (Å²) in [4.78, 5) is 95.9. The third-order valence-corrected chi connectivity index (χ3v) is 12.2. The fraction of sp³-hybridized carbons (Fsp3) is 0.705. The first-order valence-corrected chi connectivity index (χ1v) is 21.9. The smallest absolute Gasteiger partial charge is 0.326 e. The molecule has 350 valence electrons. The maximum Gasteiger partial charge on any atom is 0.326 e. The average molecular weight is 893 g/mol. The lowest BCUT2D eigenvalue weighted by Gasteiger charge is -2.41. The number of aliphatic carboxylic acids is 2. The second-order valence-corrected chi connectivity index (χ2v) is 17.8. The number of likely N-dealkylation sites (tertiary alicyclic amines) is 1. The molecule has 1 aliphatic heterocycles. The first-order valence-electron chi connectivity index (χ1n) is 21.5. The summed E-state index contributed by atoms with van der Waals surface area (Å²) in [5.74, 6) is -6.19. The van der Waals surface area contributed by atoms with Crippen LogP contribution in [-0.2, 0) is 49.5 Å². The van der Waals surface area contributed by atoms with E-state index in [1.54, 1.807) is 61.2 Å². The van der Waals surface area contributed by atoms with Gasteiger partial charge in [0.25, 0.3) is 0 Å². The second kappa shape index (κ2) is 25.8. The van der Waals surface area contributed by atoms with Crippen LogP contribution in [0.15, 0.2) is 30.3 Å². The lowest BCUT2D eigenvalue weighted by atomic mass is 9.89. The first kappa shape index (κ1) is 53.9. The number of carboxylic acid groups (broad SMARTS) is 2. The summed E-state index contributed by atoms with van der Waals surface area (Å²) in [7, 11) is 6.31. The maximum atomic E-state index is 14.3. The predicted octanol–water partition coefficient (Wildman–Crippen LogP) is 3.01. The molecule has 0 bridgehead atoms. The molecule has 1 heterocycles. The van der Waals surface area contributed by atoms with Crippen LogP contribution in [0.4, 0.5) is 0 Å². The Labute approximate surface area is 372 Å². The van der Waals surface area contributed by atoms with E-state index in [1.807, 2.05) is 41.5 Å². The van der Waals surface area contributed by atoms with Gasteiger partial charge in [-0.2, -0.15) is 0 Å². The Balaban J connectivity index is 2.34. The Hall–Kier alpha value is -4.26. The van der Waals surface area contributed by atoms with E-state index < -0.39 is 84.6 Å². The number of benzene rings is 1. The van der Waals surface area contributed by atoms with Crippen molar-refractivity contribution in [2.75, 3.05) is 34.9 Å². The van der Waals surface area contributed by atoms with Crippen molar-refractivity contribution in [3.63, 3.8) is 0 Å². The molecule has 1 fully saturated rings. The molecule has 5 amide bonds. The van der Waals surface area contributed by atoms with E-state index in [0.29, 0.717) is 31.4 Å². The highest BCUT2D eigenvalue weighted by Crippen LogP contribution is 2.30. The number of carboxylic acids is 2. The number of likely N-dealkylation sites (N-methyl/N-ethyl adjacent to an activating group) is 2. The van der Waals surface area contributed by atoms with E-state index in [1.165, 1.54) is 18.5 Å². The van der Waals surface area contributed by atoms with Gasteiger partial charge in [-0.25, -0.2) is 9.10 Å². The van der Waals surface area contributed by atoms with Gasteiger partial charge in [-0.15, -0.1) is 0 Å². The van der Waals surface area contributed by atoms with Gasteiger partial charge in [-0.1, -0.05) is 98.0 Å². The molecule has 1 aliphatic rings. The van der Waals surface area contributed by atoms with Gasteiger partial charge in [0, 0.05) is 40.7 Å². The third-order valence-electron chi connectivity index (χ3n) is 12.0. The predicted molar refractivity (Wildman–Crippen MR) is 237 cm³/mol. The molecule has 0 spiro atoms. The van der Waals surface area contributed by atoms with Crippen LogP contribution in [0, 0.1) is 23.7 Å². The van der Waals surface area contributed by atoms with Gasteiger partial charge in [0.1, 0.15) is 24.2 Å². The molecular weight excluding hydrogens is 821 g/mol. The fourth-order valence-corrected chi connectivity index (χ4v) is 8.71. The zero-order valence-corrected chi connectivity index (χ0v) is 39.2. The highest BCUT2D eigenvalue weighted by molar-refractivity contribution is 7.77. The van der Waals surface area contributed by atoms with Crippen LogP contribution >= 0.6 is 12.8 Å². The lowest BCUT2D eigenvalue weighted by molar-refractivity contribution is -0.148. The number of carbonyl (C=O) groups excluding carboxylic acids is 5. The van der Waals surface area contributed by atoms with Gasteiger partial charge in [0.05, 0.1) is 36.6 Å². The van der Waals surface area contributed by atoms with E-state index in [9.17, 15) is 38.7 Å². The molecular formula is C44H72N6O11S. The van der Waals surface area contributed by atoms with E-state index in [2.05, 4.69) is 28.8 Å². The molecule has 0 saturated carbocycles. The number of amides is 5. The zero-order chi connectivity index (χ0) is 47.0. The monoisotopic (exact) mass is 892 g/mol. The highest BCUT2D eigenvalue weighted by atomic mass is 32.1. The number of nitrogens with one attached hydrogen (secondary N) is 3. The van der Waals surface area contributed by atoms with Gasteiger partial charge in [-0.3, -0.25) is 28.8 Å². The minimum absolute atomic E-state index is 0.0184. The zero-order valence-electron chi connectivity index (χ0n) is 38.3. The summed E-state index contributed by atoms with van der Waals surface area (Å²) in [6.45, 7) is 13.5. The first-order chi connectivity index (χ1) is 29.1. The molecule has 0 aliphatic carbocycles. The Bertz CT molecular complexity index is 1640. The van der Waals surface area contributed by atoms with Gasteiger partial charge in [-0.05, 0) is 49.6 Å². The van der Waals surface area contributed by atoms with E-state index in [-0.39, 0.29) is 54.7 Å². The van der Waals surface area contributed by atoms with Crippen molar-refractivity contribution >= 4 is 54.3 Å². The van der Waals surface area contributed by atoms with E-state index in [0.717, 1.165) is 0 Å². The summed E-state index contributed by atoms with van der Waals surface area (Å²) in [6.07, 6.45) is -0.605. The van der Waals surface area contributed by atoms with Crippen LogP contribution in [0.25, 0.3) is 0 Å². The molecule has 0 aromatic heterocycles. The molecule has 1 aromatic carbocycles. The summed E-state index contributed by atoms with van der Waals surface area (Å²) < 4.78 is 13.5. The number of ether oxygens (including phenoxy) is 2. The molecule has 1 saturated heterocycles. The summed E-state index contributed by atoms with van der Waals surface area (Å²) >= 11 is 4.38. The van der Waals surface area contributed by atoms with Crippen molar-refractivity contribution < 1.29 is 53.2 Å². The summed E-state index contributed by atoms with van der Waals surface area (Å²) in [5, 5.41) is 26.9. The van der Waals surface area contributed by atoms with Gasteiger partial charge >= 0.3 is 11.9 Å². The molecule has 18 heteroatoms. The number of rotatable bonds is 26. The molecule has 1 aromatic rings. The molecule has 5 N–H and O–H groups in total. The Morgan fingerprint density at radius 1 is 0.855 bits per heavy atom. The molecule has 1 unspecified atom stereocenters. The van der Waals surface area contributed by atoms with Crippen molar-refractivity contribution in [1.82, 2.24) is 30.1 Å². The van der Waals surface area contributed by atoms with Crippen LogP contribution in [0.2, 0.25) is 0 Å². The summed E-state index contributed by atoms with van der Waals surface area (Å²) in [6, 6.07) is 3.61. The Kier molecular flexibility index (Phi) is 22.4. The number of nitrogens with zero attached hydrogens (tertiary/aromatic N) is 3. The third kappa shape index (κ3) is 15.2. The number of methoxy groups -OCH3 is 2. The van der Waals surface area contributed by atoms with Crippen molar-refractivity contribution in [1.29, 1.82) is 0 Å². The standard InChI is InChI=1S/C44H72N6O11S/c1-12-27(6)38(48(8)43(57)36(25(2)3)47-42(56)37(26(4)5)49(9)62)33(60-10)24-34(51)50-22-16-19-32(50)39(61-11)28(7)40(54)46-31(23-29-17-14-13-15-18-29)41(55)45-30(44(58)59)20-21-35(52)53/h13-15,17-18,25-28,30-33,36-39,62H,12,16,19-24H2,1-11H3,(H,45,55)(H,46,54)(H,47,56)(H,52,53)(H,58,59)/t27-,28+,30?,31-,32-,33+,36-,37-,38-,39+/m0/s1. The van der Waals surface area contributed by atoms with Crippen molar-refractivity contribution in [2.24, 2.45) is 23.7 Å². The topological polar surface area (TPSA) is 224 Å². The number of thiol groups is 1. The quantitative estimate of drug-likeness (QED) is 0.0739. The van der Waals surface area contributed by atoms with Crippen molar-refractivity contribution in [2.45, 2.75) is 142 Å². The minimum Gasteiger partial charge on any atom is -0.481 e. The second-order valence-electron chi connectivity index (χ2n) is 17.2. The minimum atomic E-state index is -1.50. The van der Waals surface area contributed by atoms with Crippen LogP contribution in [0.5, 0.6) is 0 Å². The molecule has 10 atom stereocenters. The highest BCUT2D eigenvalue weighted by Gasteiger charge is 2.43. The number of hydrogen-bond donors (Lipinski definition) is 6. The lowest BCUT2D eigenvalue weighted by Crippen LogP contribution is -2.59. The van der Waals surface area contributed by atoms with E-state index in [4.69, 9.17) is 14.6 Å². The number of carbonyl (C=O) groups is 7. The molecule has 17 nitrogen and oxygen atoms in total. The Morgan fingerprint density at radius 2 is 1.47 bits per heavy atom. The molecule has 62 heavy (non-hydrogen) atoms. The fourth-order valence-electron chi connectivity index (χ4n) is 8.34. The van der Waals surface area contributed by atoms with Crippen LogP contribution in [-0.4, -0.2) is 149 Å². The van der Waals surface area contributed by atoms with Crippen LogP contribution in [0.3, 0.4) is 0 Å². The van der Waals surface area contributed by atoms with Crippen molar-refractivity contribution in [3.8, 4) is 0 Å². The van der Waals surface area contributed by atoms with Crippen LogP contribution < -0.4 is 16.0 Å².